The largest absolute Gasteiger partial charge is 0.507 e. The van der Waals surface area contributed by atoms with E-state index in [1.807, 2.05) is 6.92 Å². The van der Waals surface area contributed by atoms with Crippen molar-refractivity contribution >= 4 is 28.9 Å². The van der Waals surface area contributed by atoms with Crippen LogP contribution >= 0.6 is 12.2 Å². The molecular formula is C13H14N4O2S. The summed E-state index contributed by atoms with van der Waals surface area (Å²) < 4.78 is 1.46. The first-order valence-electron chi connectivity index (χ1n) is 5.83. The number of aromatic hydroxyl groups is 1. The van der Waals surface area contributed by atoms with Crippen molar-refractivity contribution in [2.45, 2.75) is 6.92 Å². The Kier molecular flexibility index (Phi) is 3.71. The quantitative estimate of drug-likeness (QED) is 0.741. The maximum absolute atomic E-state index is 12.2. The van der Waals surface area contributed by atoms with Gasteiger partial charge in [0.05, 0.1) is 17.3 Å². The molecule has 0 atom stereocenters. The van der Waals surface area contributed by atoms with E-state index in [2.05, 4.69) is 10.4 Å². The van der Waals surface area contributed by atoms with Crippen LogP contribution in [-0.4, -0.2) is 25.8 Å². The predicted molar refractivity (Wildman–Crippen MR) is 79.9 cm³/mol. The van der Waals surface area contributed by atoms with Crippen molar-refractivity contribution in [1.82, 2.24) is 9.78 Å². The lowest BCUT2D eigenvalue weighted by Gasteiger charge is -2.09. The highest BCUT2D eigenvalue weighted by molar-refractivity contribution is 7.80. The molecule has 104 valence electrons. The molecule has 20 heavy (non-hydrogen) atoms. The highest BCUT2D eigenvalue weighted by Crippen LogP contribution is 2.21. The summed E-state index contributed by atoms with van der Waals surface area (Å²) in [6, 6.07) is 4.79. The highest BCUT2D eigenvalue weighted by atomic mass is 32.1. The fourth-order valence-corrected chi connectivity index (χ4v) is 1.92. The molecule has 2 rings (SSSR count). The van der Waals surface area contributed by atoms with E-state index in [0.29, 0.717) is 11.4 Å². The lowest BCUT2D eigenvalue weighted by molar-refractivity contribution is 0.102. The van der Waals surface area contributed by atoms with Crippen LogP contribution in [0.25, 0.3) is 0 Å². The molecule has 4 N–H and O–H groups in total. The molecule has 1 heterocycles. The van der Waals surface area contributed by atoms with E-state index < -0.39 is 5.91 Å². The molecule has 6 nitrogen and oxygen atoms in total. The number of hydrogen-bond donors (Lipinski definition) is 3. The molecule has 1 amide bonds. The van der Waals surface area contributed by atoms with E-state index in [1.54, 1.807) is 19.2 Å². The maximum Gasteiger partial charge on any atom is 0.260 e. The molecule has 0 bridgehead atoms. The molecule has 0 radical (unpaired) electrons. The number of nitrogens with one attached hydrogen (secondary N) is 1. The van der Waals surface area contributed by atoms with Crippen LogP contribution in [0.2, 0.25) is 0 Å². The SMILES string of the molecule is Cc1ccc(O)c(C(=O)Nc2c(C(N)=S)cnn2C)c1. The van der Waals surface area contributed by atoms with Gasteiger partial charge >= 0.3 is 0 Å². The van der Waals surface area contributed by atoms with E-state index in [9.17, 15) is 9.90 Å². The van der Waals surface area contributed by atoms with Gasteiger partial charge in [-0.1, -0.05) is 23.8 Å². The Balaban J connectivity index is 2.35. The lowest BCUT2D eigenvalue weighted by Crippen LogP contribution is -2.19. The Morgan fingerprint density at radius 2 is 2.15 bits per heavy atom. The standard InChI is InChI=1S/C13H14N4O2S/c1-7-3-4-10(18)8(5-7)13(19)16-12-9(11(14)20)6-15-17(12)2/h3-6,18H,1-2H3,(H2,14,20)(H,16,19). The Labute approximate surface area is 121 Å². The summed E-state index contributed by atoms with van der Waals surface area (Å²) in [6.45, 7) is 1.83. The molecule has 0 spiro atoms. The number of nitrogens with two attached hydrogens (primary N) is 1. The van der Waals surface area contributed by atoms with Gasteiger partial charge in [0.25, 0.3) is 5.91 Å². The van der Waals surface area contributed by atoms with Gasteiger partial charge in [-0.15, -0.1) is 0 Å². The van der Waals surface area contributed by atoms with Crippen molar-refractivity contribution in [2.24, 2.45) is 12.8 Å². The number of amides is 1. The number of phenols is 1. The average molecular weight is 290 g/mol. The van der Waals surface area contributed by atoms with Gasteiger partial charge in [-0.3, -0.25) is 9.48 Å². The lowest BCUT2D eigenvalue weighted by atomic mass is 10.1. The number of aryl methyl sites for hydroxylation is 2. The number of carbonyl (C=O) groups excluding carboxylic acids is 1. The van der Waals surface area contributed by atoms with E-state index in [1.165, 1.54) is 16.9 Å². The van der Waals surface area contributed by atoms with Crippen molar-refractivity contribution < 1.29 is 9.90 Å². The van der Waals surface area contributed by atoms with Gasteiger partial charge in [0, 0.05) is 7.05 Å². The van der Waals surface area contributed by atoms with Gasteiger partial charge in [-0.05, 0) is 19.1 Å². The minimum absolute atomic E-state index is 0.0906. The summed E-state index contributed by atoms with van der Waals surface area (Å²) in [4.78, 5) is 12.4. The zero-order valence-electron chi connectivity index (χ0n) is 11.0. The van der Waals surface area contributed by atoms with Gasteiger partial charge in [0.15, 0.2) is 0 Å². The normalized spacial score (nSPS) is 10.3. The Hall–Kier alpha value is -2.41. The van der Waals surface area contributed by atoms with Crippen LogP contribution in [0.15, 0.2) is 24.4 Å². The van der Waals surface area contributed by atoms with Crippen LogP contribution in [0.5, 0.6) is 5.75 Å². The van der Waals surface area contributed by atoms with Gasteiger partial charge < -0.3 is 16.2 Å². The summed E-state index contributed by atoms with van der Waals surface area (Å²) in [5.41, 5.74) is 7.10. The maximum atomic E-state index is 12.2. The zero-order chi connectivity index (χ0) is 14.9. The van der Waals surface area contributed by atoms with Crippen LogP contribution in [0.1, 0.15) is 21.5 Å². The van der Waals surface area contributed by atoms with E-state index in [-0.39, 0.29) is 16.3 Å². The molecule has 1 aromatic heterocycles. The monoisotopic (exact) mass is 290 g/mol. The third kappa shape index (κ3) is 2.62. The fraction of sp³-hybridized carbons (Fsp3) is 0.154. The fourth-order valence-electron chi connectivity index (χ4n) is 1.77. The van der Waals surface area contributed by atoms with Crippen molar-refractivity contribution in [3.63, 3.8) is 0 Å². The van der Waals surface area contributed by atoms with Gasteiger partial charge in [0.2, 0.25) is 0 Å². The van der Waals surface area contributed by atoms with Crippen LogP contribution in [-0.2, 0) is 7.05 Å². The minimum Gasteiger partial charge on any atom is -0.507 e. The number of phenolic OH excluding ortho intramolecular Hbond substituents is 1. The molecule has 0 unspecified atom stereocenters. The number of rotatable bonds is 3. The molecule has 7 heteroatoms. The zero-order valence-corrected chi connectivity index (χ0v) is 11.9. The van der Waals surface area contributed by atoms with Gasteiger partial charge in [-0.25, -0.2) is 0 Å². The first-order valence-corrected chi connectivity index (χ1v) is 6.23. The number of anilines is 1. The van der Waals surface area contributed by atoms with E-state index in [0.717, 1.165) is 5.56 Å². The molecule has 1 aromatic carbocycles. The average Bonchev–Trinajstić information content (AvgIpc) is 2.74. The second-order valence-electron chi connectivity index (χ2n) is 4.37. The number of carbonyl (C=O) groups is 1. The number of benzene rings is 1. The Bertz CT molecular complexity index is 694. The first kappa shape index (κ1) is 14.0. The summed E-state index contributed by atoms with van der Waals surface area (Å²) in [5.74, 6) is -0.150. The van der Waals surface area contributed by atoms with Crippen LogP contribution in [0.4, 0.5) is 5.82 Å². The summed E-state index contributed by atoms with van der Waals surface area (Å²) >= 11 is 4.90. The van der Waals surface area contributed by atoms with Crippen molar-refractivity contribution in [1.29, 1.82) is 0 Å². The molecular weight excluding hydrogens is 276 g/mol. The van der Waals surface area contributed by atoms with Crippen molar-refractivity contribution in [3.8, 4) is 5.75 Å². The van der Waals surface area contributed by atoms with Crippen LogP contribution < -0.4 is 11.1 Å². The van der Waals surface area contributed by atoms with E-state index >= 15 is 0 Å². The summed E-state index contributed by atoms with van der Waals surface area (Å²) in [5, 5.41) is 16.4. The molecule has 2 aromatic rings. The second kappa shape index (κ2) is 5.30. The van der Waals surface area contributed by atoms with Gasteiger partial charge in [0.1, 0.15) is 16.6 Å². The molecule has 0 saturated carbocycles. The Morgan fingerprint density at radius 1 is 1.45 bits per heavy atom. The number of thiocarbonyl (C=S) groups is 1. The van der Waals surface area contributed by atoms with Gasteiger partial charge in [-0.2, -0.15) is 5.10 Å². The van der Waals surface area contributed by atoms with Crippen LogP contribution in [0, 0.1) is 6.92 Å². The third-order valence-electron chi connectivity index (χ3n) is 2.83. The topological polar surface area (TPSA) is 93.2 Å². The molecule has 0 fully saturated rings. The smallest absolute Gasteiger partial charge is 0.260 e. The number of nitrogens with zero attached hydrogens (tertiary/aromatic N) is 2. The summed E-state index contributed by atoms with van der Waals surface area (Å²) in [7, 11) is 1.66. The molecule has 0 saturated heterocycles. The molecule has 0 aliphatic carbocycles. The van der Waals surface area contributed by atoms with E-state index in [4.69, 9.17) is 18.0 Å². The second-order valence-corrected chi connectivity index (χ2v) is 4.81. The Morgan fingerprint density at radius 3 is 2.80 bits per heavy atom. The highest BCUT2D eigenvalue weighted by Gasteiger charge is 2.17. The number of aromatic nitrogens is 2. The van der Waals surface area contributed by atoms with Crippen molar-refractivity contribution in [3.05, 3.63) is 41.1 Å². The third-order valence-corrected chi connectivity index (χ3v) is 3.05. The first-order chi connectivity index (χ1) is 9.40. The molecule has 0 aliphatic heterocycles. The predicted octanol–water partition coefficient (Wildman–Crippen LogP) is 1.32. The van der Waals surface area contributed by atoms with Crippen LogP contribution in [0.3, 0.4) is 0 Å². The van der Waals surface area contributed by atoms with Crippen molar-refractivity contribution in [2.75, 3.05) is 5.32 Å². The number of hydrogen-bond acceptors (Lipinski definition) is 4. The summed E-state index contributed by atoms with van der Waals surface area (Å²) in [6.07, 6.45) is 1.48. The molecule has 0 aliphatic rings. The minimum atomic E-state index is -0.452.